The molecular weight excluding hydrogens is 319 g/mol. The molecule has 1 amide bonds. The first kappa shape index (κ1) is 15.6. The lowest BCUT2D eigenvalue weighted by Gasteiger charge is -2.30. The summed E-state index contributed by atoms with van der Waals surface area (Å²) in [5, 5.41) is 2.09. The number of carbonyl (C=O) groups is 1. The van der Waals surface area contributed by atoms with Crippen LogP contribution >= 0.6 is 0 Å². The molecule has 1 saturated carbocycles. The average Bonchev–Trinajstić information content (AvgIpc) is 3.27. The van der Waals surface area contributed by atoms with Gasteiger partial charge in [0.05, 0.1) is 17.5 Å². The molecule has 0 spiro atoms. The number of nitrogens with one attached hydrogen (secondary N) is 1. The number of rotatable bonds is 2. The lowest BCUT2D eigenvalue weighted by Crippen LogP contribution is -2.40. The Hall–Kier alpha value is -2.25. The first-order valence-electron chi connectivity index (χ1n) is 6.85. The number of nitrogens with zero attached hydrogens (tertiary/aromatic N) is 1. The van der Waals surface area contributed by atoms with E-state index in [0.717, 1.165) is 18.9 Å². The Bertz CT molecular complexity index is 721. The summed E-state index contributed by atoms with van der Waals surface area (Å²) < 4.78 is 69.1. The van der Waals surface area contributed by atoms with Crippen LogP contribution in [0.1, 0.15) is 18.4 Å². The second-order valence-electron chi connectivity index (χ2n) is 5.49. The number of carbonyl (C=O) groups excluding carboxylic acids is 1. The van der Waals surface area contributed by atoms with Crippen molar-refractivity contribution in [1.29, 1.82) is 0 Å². The third kappa shape index (κ3) is 2.62. The van der Waals surface area contributed by atoms with Crippen molar-refractivity contribution in [2.75, 3.05) is 5.32 Å². The molecule has 1 N–H and O–H groups in total. The van der Waals surface area contributed by atoms with E-state index in [0.29, 0.717) is 18.4 Å². The third-order valence-corrected chi connectivity index (χ3v) is 3.78. The van der Waals surface area contributed by atoms with Crippen molar-refractivity contribution < 1.29 is 26.7 Å². The molecule has 3 rings (SSSR count). The van der Waals surface area contributed by atoms with Gasteiger partial charge in [-0.05, 0) is 37.0 Å². The highest BCUT2D eigenvalue weighted by Gasteiger charge is 2.58. The molecule has 1 aromatic rings. The maximum Gasteiger partial charge on any atom is 0.421 e. The molecule has 0 aromatic heterocycles. The van der Waals surface area contributed by atoms with Gasteiger partial charge < -0.3 is 5.32 Å². The van der Waals surface area contributed by atoms with Crippen LogP contribution in [-0.4, -0.2) is 18.3 Å². The van der Waals surface area contributed by atoms with E-state index in [1.54, 1.807) is 0 Å². The summed E-state index contributed by atoms with van der Waals surface area (Å²) >= 11 is 0. The number of allylic oxidation sites excluding steroid dienone is 1. The molecule has 1 aliphatic carbocycles. The monoisotopic (exact) mass is 330 g/mol. The SMILES string of the molecule is O=C1C=NC(C=CC2CC2)(C(F)(F)F)c2c(ccc(F)c2F)N1. The van der Waals surface area contributed by atoms with Gasteiger partial charge in [-0.1, -0.05) is 6.08 Å². The Balaban J connectivity index is 2.31. The fraction of sp³-hybridized carbons (Fsp3) is 0.333. The van der Waals surface area contributed by atoms with Crippen LogP contribution in [-0.2, 0) is 10.3 Å². The van der Waals surface area contributed by atoms with Gasteiger partial charge in [-0.25, -0.2) is 8.78 Å². The zero-order chi connectivity index (χ0) is 16.8. The van der Waals surface area contributed by atoms with E-state index in [1.165, 1.54) is 6.08 Å². The molecule has 0 saturated heterocycles. The summed E-state index contributed by atoms with van der Waals surface area (Å²) in [6.45, 7) is 0. The van der Waals surface area contributed by atoms with Gasteiger partial charge in [0.1, 0.15) is 0 Å². The van der Waals surface area contributed by atoms with Crippen molar-refractivity contribution >= 4 is 17.8 Å². The summed E-state index contributed by atoms with van der Waals surface area (Å²) in [5.74, 6) is -4.11. The van der Waals surface area contributed by atoms with Gasteiger partial charge in [0.15, 0.2) is 11.6 Å². The first-order chi connectivity index (χ1) is 10.7. The Morgan fingerprint density at radius 1 is 1.26 bits per heavy atom. The first-order valence-corrected chi connectivity index (χ1v) is 6.85. The standard InChI is InChI=1S/C15H11F5N2O/c16-9-3-4-10-12(13(9)17)14(15(18,19)20,6-5-8-1-2-8)21-7-11(23)22-10/h3-8H,1-2H2,(H,22,23). The normalized spacial score (nSPS) is 24.5. The Morgan fingerprint density at radius 2 is 1.96 bits per heavy atom. The van der Waals surface area contributed by atoms with Crippen LogP contribution in [0.2, 0.25) is 0 Å². The van der Waals surface area contributed by atoms with Crippen molar-refractivity contribution in [2.45, 2.75) is 24.6 Å². The molecule has 3 nitrogen and oxygen atoms in total. The molecule has 1 aliphatic heterocycles. The van der Waals surface area contributed by atoms with Crippen molar-refractivity contribution in [3.05, 3.63) is 41.5 Å². The predicted octanol–water partition coefficient (Wildman–Crippen LogP) is 3.71. The second kappa shape index (κ2) is 5.14. The molecule has 2 aliphatic rings. The Labute approximate surface area is 127 Å². The summed E-state index contributed by atoms with van der Waals surface area (Å²) in [6, 6.07) is 1.55. The van der Waals surface area contributed by atoms with E-state index in [-0.39, 0.29) is 5.92 Å². The summed E-state index contributed by atoms with van der Waals surface area (Å²) in [6.07, 6.45) is -1.15. The maximum absolute atomic E-state index is 14.2. The number of alkyl halides is 3. The molecule has 1 heterocycles. The maximum atomic E-state index is 14.2. The summed E-state index contributed by atoms with van der Waals surface area (Å²) in [4.78, 5) is 14.8. The van der Waals surface area contributed by atoms with Gasteiger partial charge in [-0.2, -0.15) is 13.2 Å². The number of halogens is 5. The number of aliphatic imine (C=N–C) groups is 1. The quantitative estimate of drug-likeness (QED) is 0.652. The lowest BCUT2D eigenvalue weighted by atomic mass is 9.87. The smallest absolute Gasteiger partial charge is 0.321 e. The van der Waals surface area contributed by atoms with E-state index in [9.17, 15) is 26.7 Å². The summed E-state index contributed by atoms with van der Waals surface area (Å²) in [5.41, 5.74) is -4.64. The third-order valence-electron chi connectivity index (χ3n) is 3.78. The molecule has 1 aromatic carbocycles. The second-order valence-corrected chi connectivity index (χ2v) is 5.49. The van der Waals surface area contributed by atoms with E-state index >= 15 is 0 Å². The molecule has 1 atom stereocenters. The Kier molecular flexibility index (Phi) is 3.50. The predicted molar refractivity (Wildman–Crippen MR) is 73.1 cm³/mol. The van der Waals surface area contributed by atoms with Gasteiger partial charge in [0, 0.05) is 0 Å². The highest BCUT2D eigenvalue weighted by molar-refractivity contribution is 6.32. The zero-order valence-electron chi connectivity index (χ0n) is 11.6. The number of amides is 1. The van der Waals surface area contributed by atoms with Crippen molar-refractivity contribution in [3.63, 3.8) is 0 Å². The highest BCUT2D eigenvalue weighted by atomic mass is 19.4. The van der Waals surface area contributed by atoms with E-state index in [4.69, 9.17) is 0 Å². The molecule has 1 fully saturated rings. The van der Waals surface area contributed by atoms with Crippen LogP contribution in [0.15, 0.2) is 29.3 Å². The van der Waals surface area contributed by atoms with Gasteiger partial charge in [-0.3, -0.25) is 9.79 Å². The highest BCUT2D eigenvalue weighted by Crippen LogP contribution is 2.49. The number of fused-ring (bicyclic) bond motifs is 1. The van der Waals surface area contributed by atoms with Crippen LogP contribution in [0.3, 0.4) is 0 Å². The van der Waals surface area contributed by atoms with Crippen LogP contribution in [0, 0.1) is 17.6 Å². The zero-order valence-corrected chi connectivity index (χ0v) is 11.6. The Morgan fingerprint density at radius 3 is 2.57 bits per heavy atom. The topological polar surface area (TPSA) is 41.5 Å². The molecular formula is C15H11F5N2O. The van der Waals surface area contributed by atoms with Gasteiger partial charge in [0.2, 0.25) is 5.54 Å². The fourth-order valence-electron chi connectivity index (χ4n) is 2.42. The van der Waals surface area contributed by atoms with Crippen LogP contribution < -0.4 is 5.32 Å². The van der Waals surface area contributed by atoms with Crippen molar-refractivity contribution in [2.24, 2.45) is 10.9 Å². The van der Waals surface area contributed by atoms with E-state index < -0.39 is 40.5 Å². The fourth-order valence-corrected chi connectivity index (χ4v) is 2.42. The minimum Gasteiger partial charge on any atom is -0.321 e. The van der Waals surface area contributed by atoms with Crippen molar-refractivity contribution in [1.82, 2.24) is 0 Å². The summed E-state index contributed by atoms with van der Waals surface area (Å²) in [7, 11) is 0. The number of hydrogen-bond acceptors (Lipinski definition) is 2. The van der Waals surface area contributed by atoms with E-state index in [2.05, 4.69) is 10.3 Å². The minimum atomic E-state index is -5.05. The van der Waals surface area contributed by atoms with Crippen LogP contribution in [0.25, 0.3) is 0 Å². The molecule has 8 heteroatoms. The molecule has 122 valence electrons. The van der Waals surface area contributed by atoms with Gasteiger partial charge in [0.25, 0.3) is 5.91 Å². The minimum absolute atomic E-state index is 0.0450. The van der Waals surface area contributed by atoms with E-state index in [1.807, 2.05) is 0 Å². The average molecular weight is 330 g/mol. The molecule has 23 heavy (non-hydrogen) atoms. The molecule has 1 unspecified atom stereocenters. The number of anilines is 1. The van der Waals surface area contributed by atoms with Crippen LogP contribution in [0.4, 0.5) is 27.6 Å². The van der Waals surface area contributed by atoms with Crippen molar-refractivity contribution in [3.8, 4) is 0 Å². The van der Waals surface area contributed by atoms with Crippen LogP contribution in [0.5, 0.6) is 0 Å². The van der Waals surface area contributed by atoms with Gasteiger partial charge in [-0.15, -0.1) is 0 Å². The number of hydrogen-bond donors (Lipinski definition) is 1. The van der Waals surface area contributed by atoms with Gasteiger partial charge >= 0.3 is 6.18 Å². The lowest BCUT2D eigenvalue weighted by molar-refractivity contribution is -0.174. The largest absolute Gasteiger partial charge is 0.421 e. The molecule has 0 radical (unpaired) electrons. The number of benzene rings is 1. The molecule has 0 bridgehead atoms.